The molecule has 0 heterocycles. The molecular weight excluding hydrogens is 266 g/mol. The lowest BCUT2D eigenvalue weighted by Crippen LogP contribution is -2.47. The lowest BCUT2D eigenvalue weighted by Gasteiger charge is -2.19. The van der Waals surface area contributed by atoms with Crippen molar-refractivity contribution in [3.8, 4) is 0 Å². The Hall–Kier alpha value is -1.59. The van der Waals surface area contributed by atoms with Gasteiger partial charge in [0.1, 0.15) is 0 Å². The molecule has 0 aromatic heterocycles. The highest BCUT2D eigenvalue weighted by Gasteiger charge is 2.17. The van der Waals surface area contributed by atoms with Crippen molar-refractivity contribution >= 4 is 23.5 Å². The molecule has 0 aliphatic heterocycles. The maximum atomic E-state index is 11.7. The molecule has 3 N–H and O–H groups in total. The maximum Gasteiger partial charge on any atom is 0.321 e. The lowest BCUT2D eigenvalue weighted by molar-refractivity contribution is -0.121. The molecule has 0 saturated carbocycles. The average Bonchev–Trinajstić information content (AvgIpc) is 2.38. The fourth-order valence-corrected chi connectivity index (χ4v) is 1.80. The molecule has 1 rings (SSSR count). The first-order valence-corrected chi connectivity index (χ1v) is 6.36. The summed E-state index contributed by atoms with van der Waals surface area (Å²) in [6, 6.07) is 6.34. The summed E-state index contributed by atoms with van der Waals surface area (Å²) in [6.45, 7) is 3.62. The molecule has 1 aromatic rings. The van der Waals surface area contributed by atoms with Crippen LogP contribution in [0.4, 0.5) is 4.79 Å². The number of halogens is 1. The average molecular weight is 284 g/mol. The smallest absolute Gasteiger partial charge is 0.321 e. The van der Waals surface area contributed by atoms with Gasteiger partial charge in [-0.1, -0.05) is 23.7 Å². The van der Waals surface area contributed by atoms with Gasteiger partial charge in [0.2, 0.25) is 5.91 Å². The van der Waals surface area contributed by atoms with E-state index in [0.717, 1.165) is 5.56 Å². The number of nitrogens with one attached hydrogen (secondary N) is 3. The molecule has 0 radical (unpaired) electrons. The number of amides is 3. The van der Waals surface area contributed by atoms with E-state index in [1.54, 1.807) is 13.0 Å². The molecule has 0 bridgehead atoms. The van der Waals surface area contributed by atoms with Gasteiger partial charge >= 0.3 is 6.03 Å². The van der Waals surface area contributed by atoms with Crippen molar-refractivity contribution in [1.29, 1.82) is 0 Å². The molecule has 0 aliphatic carbocycles. The van der Waals surface area contributed by atoms with E-state index in [4.69, 9.17) is 11.6 Å². The van der Waals surface area contributed by atoms with Gasteiger partial charge in [-0.05, 0) is 31.5 Å². The summed E-state index contributed by atoms with van der Waals surface area (Å²) in [5.41, 5.74) is 0.979. The molecule has 0 aliphatic rings. The zero-order chi connectivity index (χ0) is 14.4. The molecule has 104 valence electrons. The molecule has 19 heavy (non-hydrogen) atoms. The maximum absolute atomic E-state index is 11.7. The zero-order valence-corrected chi connectivity index (χ0v) is 11.9. The number of imide groups is 1. The van der Waals surface area contributed by atoms with Crippen molar-refractivity contribution in [3.63, 3.8) is 0 Å². The zero-order valence-electron chi connectivity index (χ0n) is 11.2. The number of rotatable bonds is 4. The first-order chi connectivity index (χ1) is 8.93. The molecule has 3 amide bonds. The first kappa shape index (κ1) is 15.5. The Labute approximate surface area is 117 Å². The summed E-state index contributed by atoms with van der Waals surface area (Å²) in [5, 5.41) is 8.30. The third-order valence-electron chi connectivity index (χ3n) is 2.71. The van der Waals surface area contributed by atoms with Crippen LogP contribution in [0.25, 0.3) is 0 Å². The largest absolute Gasteiger partial charge is 0.341 e. The normalized spacial score (nSPS) is 13.5. The van der Waals surface area contributed by atoms with Gasteiger partial charge in [0.15, 0.2) is 0 Å². The fourth-order valence-electron chi connectivity index (χ4n) is 1.61. The number of hydrogen-bond acceptors (Lipinski definition) is 3. The Bertz CT molecular complexity index is 465. The van der Waals surface area contributed by atoms with Crippen molar-refractivity contribution in [2.75, 3.05) is 7.05 Å². The molecule has 6 heteroatoms. The van der Waals surface area contributed by atoms with Crippen molar-refractivity contribution in [2.45, 2.75) is 25.9 Å². The van der Waals surface area contributed by atoms with E-state index < -0.39 is 12.1 Å². The molecule has 1 unspecified atom stereocenters. The van der Waals surface area contributed by atoms with Gasteiger partial charge in [0.25, 0.3) is 0 Å². The van der Waals surface area contributed by atoms with Gasteiger partial charge in [0, 0.05) is 18.1 Å². The second-order valence-corrected chi connectivity index (χ2v) is 4.67. The highest BCUT2D eigenvalue weighted by molar-refractivity contribution is 6.30. The number of hydrogen-bond donors (Lipinski definition) is 3. The van der Waals surface area contributed by atoms with E-state index >= 15 is 0 Å². The molecule has 2 atom stereocenters. The van der Waals surface area contributed by atoms with Gasteiger partial charge in [-0.15, -0.1) is 0 Å². The van der Waals surface area contributed by atoms with Gasteiger partial charge in [0.05, 0.1) is 6.04 Å². The van der Waals surface area contributed by atoms with Crippen molar-refractivity contribution < 1.29 is 9.59 Å². The van der Waals surface area contributed by atoms with Crippen LogP contribution in [-0.4, -0.2) is 25.0 Å². The lowest BCUT2D eigenvalue weighted by atomic mass is 10.1. The van der Waals surface area contributed by atoms with Crippen molar-refractivity contribution in [2.24, 2.45) is 0 Å². The van der Waals surface area contributed by atoms with Gasteiger partial charge < -0.3 is 5.32 Å². The predicted octanol–water partition coefficient (Wildman–Crippen LogP) is 1.83. The van der Waals surface area contributed by atoms with Crippen LogP contribution in [0.3, 0.4) is 0 Å². The van der Waals surface area contributed by atoms with Crippen LogP contribution in [0, 0.1) is 0 Å². The summed E-state index contributed by atoms with van der Waals surface area (Å²) in [7, 11) is 1.45. The van der Waals surface area contributed by atoms with E-state index in [0.29, 0.717) is 5.02 Å². The van der Waals surface area contributed by atoms with E-state index in [1.807, 2.05) is 25.1 Å². The van der Waals surface area contributed by atoms with Crippen molar-refractivity contribution in [3.05, 3.63) is 34.9 Å². The Kier molecular flexibility index (Phi) is 5.79. The Balaban J connectivity index is 2.58. The Morgan fingerprint density at radius 3 is 2.53 bits per heavy atom. The topological polar surface area (TPSA) is 70.2 Å². The van der Waals surface area contributed by atoms with Crippen LogP contribution in [-0.2, 0) is 4.79 Å². The minimum absolute atomic E-state index is 0.0517. The summed E-state index contributed by atoms with van der Waals surface area (Å²) >= 11 is 5.92. The Morgan fingerprint density at radius 1 is 1.26 bits per heavy atom. The molecule has 0 spiro atoms. The number of benzene rings is 1. The Morgan fingerprint density at radius 2 is 1.95 bits per heavy atom. The predicted molar refractivity (Wildman–Crippen MR) is 75.1 cm³/mol. The number of carbonyl (C=O) groups excluding carboxylic acids is 2. The van der Waals surface area contributed by atoms with Crippen LogP contribution in [0.2, 0.25) is 5.02 Å². The molecule has 5 nitrogen and oxygen atoms in total. The highest BCUT2D eigenvalue weighted by atomic mass is 35.5. The summed E-state index contributed by atoms with van der Waals surface area (Å²) in [5.74, 6) is -0.381. The van der Waals surface area contributed by atoms with Gasteiger partial charge in [-0.3, -0.25) is 15.4 Å². The minimum Gasteiger partial charge on any atom is -0.341 e. The second-order valence-electron chi connectivity index (χ2n) is 4.23. The van der Waals surface area contributed by atoms with Crippen LogP contribution in [0.15, 0.2) is 24.3 Å². The van der Waals surface area contributed by atoms with Crippen molar-refractivity contribution in [1.82, 2.24) is 16.0 Å². The molecular formula is C13H18ClN3O2. The molecule has 0 fully saturated rings. The third kappa shape index (κ3) is 4.89. The highest BCUT2D eigenvalue weighted by Crippen LogP contribution is 2.17. The summed E-state index contributed by atoms with van der Waals surface area (Å²) in [6.07, 6.45) is 0. The SMILES string of the molecule is CNC(=O)NC(=O)C(C)N[C@H](C)c1cccc(Cl)c1. The van der Waals surface area contributed by atoms with E-state index in [1.165, 1.54) is 7.05 Å². The first-order valence-electron chi connectivity index (χ1n) is 5.98. The number of urea groups is 1. The third-order valence-corrected chi connectivity index (χ3v) is 2.94. The molecule has 1 aromatic carbocycles. The van der Waals surface area contributed by atoms with Crippen LogP contribution >= 0.6 is 11.6 Å². The van der Waals surface area contributed by atoms with Gasteiger partial charge in [-0.25, -0.2) is 4.79 Å². The standard InChI is InChI=1S/C13H18ClN3O2/c1-8(10-5-4-6-11(14)7-10)16-9(2)12(18)17-13(19)15-3/h4-9,16H,1-3H3,(H2,15,17,18,19)/t8-,9?/m1/s1. The fraction of sp³-hybridized carbons (Fsp3) is 0.385. The van der Waals surface area contributed by atoms with E-state index in [9.17, 15) is 9.59 Å². The van der Waals surface area contributed by atoms with Crippen LogP contribution in [0.5, 0.6) is 0 Å². The summed E-state index contributed by atoms with van der Waals surface area (Å²) < 4.78 is 0. The minimum atomic E-state index is -0.519. The quantitative estimate of drug-likeness (QED) is 0.790. The van der Waals surface area contributed by atoms with E-state index in [-0.39, 0.29) is 11.9 Å². The molecule has 0 saturated heterocycles. The monoisotopic (exact) mass is 283 g/mol. The van der Waals surface area contributed by atoms with Crippen LogP contribution < -0.4 is 16.0 Å². The van der Waals surface area contributed by atoms with Gasteiger partial charge in [-0.2, -0.15) is 0 Å². The summed E-state index contributed by atoms with van der Waals surface area (Å²) in [4.78, 5) is 22.7. The van der Waals surface area contributed by atoms with E-state index in [2.05, 4.69) is 16.0 Å². The van der Waals surface area contributed by atoms with Crippen LogP contribution in [0.1, 0.15) is 25.5 Å². The number of carbonyl (C=O) groups is 2. The second kappa shape index (κ2) is 7.11.